The fourth-order valence-corrected chi connectivity index (χ4v) is 5.15. The molecule has 0 bridgehead atoms. The van der Waals surface area contributed by atoms with E-state index in [2.05, 4.69) is 54.3 Å². The highest BCUT2D eigenvalue weighted by Gasteiger charge is 2.16. The van der Waals surface area contributed by atoms with Gasteiger partial charge in [0.2, 0.25) is 17.8 Å². The van der Waals surface area contributed by atoms with Crippen LogP contribution in [0.1, 0.15) is 10.5 Å². The van der Waals surface area contributed by atoms with Crippen molar-refractivity contribution in [2.75, 3.05) is 29.1 Å². The number of amides is 3. The number of nitrogens with zero attached hydrogens (tertiary/aromatic N) is 4. The Bertz CT molecular complexity index is 2270. The molecule has 6 rings (SSSR count). The maximum absolute atomic E-state index is 12.4. The van der Waals surface area contributed by atoms with Crippen LogP contribution in [0.15, 0.2) is 92.2 Å². The molecule has 232 valence electrons. The zero-order chi connectivity index (χ0) is 33.2. The smallest absolute Gasteiger partial charge is 0.272 e. The maximum Gasteiger partial charge on any atom is 0.272 e. The van der Waals surface area contributed by atoms with Gasteiger partial charge in [0.15, 0.2) is 5.69 Å². The van der Waals surface area contributed by atoms with E-state index in [4.69, 9.17) is 11.5 Å². The van der Waals surface area contributed by atoms with Crippen molar-refractivity contribution in [3.05, 3.63) is 97.9 Å². The van der Waals surface area contributed by atoms with Crippen LogP contribution in [0.2, 0.25) is 0 Å². The molecule has 47 heavy (non-hydrogen) atoms. The number of carbonyl (C=O) groups is 3. The topological polar surface area (TPSA) is 207 Å². The Morgan fingerprint density at radius 2 is 1.38 bits per heavy atom. The highest BCUT2D eigenvalue weighted by molar-refractivity contribution is 6.06. The van der Waals surface area contributed by atoms with E-state index in [1.54, 1.807) is 36.5 Å². The van der Waals surface area contributed by atoms with Crippen LogP contribution in [0.5, 0.6) is 0 Å². The number of nitrogen functional groups attached to an aromatic ring is 2. The van der Waals surface area contributed by atoms with Crippen LogP contribution in [-0.2, 0) is 9.59 Å². The lowest BCUT2D eigenvalue weighted by atomic mass is 9.95. The summed E-state index contributed by atoms with van der Waals surface area (Å²) in [6.45, 7) is 7.12. The molecule has 13 nitrogen and oxygen atoms in total. The first-order valence-electron chi connectivity index (χ1n) is 14.2. The lowest BCUT2D eigenvalue weighted by Gasteiger charge is -2.14. The fraction of sp³-hybridized carbons (Fsp3) is 0.0294. The molecule has 8 N–H and O–H groups in total. The van der Waals surface area contributed by atoms with Crippen LogP contribution in [-0.4, -0.2) is 49.9 Å². The van der Waals surface area contributed by atoms with Crippen LogP contribution in [0.3, 0.4) is 0 Å². The lowest BCUT2D eigenvalue weighted by Crippen LogP contribution is -2.18. The molecule has 0 atom stereocenters. The van der Waals surface area contributed by atoms with Crippen molar-refractivity contribution in [2.24, 2.45) is 0 Å². The fourth-order valence-electron chi connectivity index (χ4n) is 5.15. The number of rotatable bonds is 8. The van der Waals surface area contributed by atoms with Gasteiger partial charge in [-0.15, -0.1) is 0 Å². The maximum atomic E-state index is 12.4. The molecule has 3 aromatic heterocycles. The summed E-state index contributed by atoms with van der Waals surface area (Å²) < 4.78 is 0. The zero-order valence-electron chi connectivity index (χ0n) is 25.1. The summed E-state index contributed by atoms with van der Waals surface area (Å²) in [6, 6.07) is 18.3. The summed E-state index contributed by atoms with van der Waals surface area (Å²) in [4.78, 5) is 50.1. The number of aromatic amines is 1. The van der Waals surface area contributed by atoms with Gasteiger partial charge in [-0.1, -0.05) is 19.2 Å². The van der Waals surface area contributed by atoms with Gasteiger partial charge in [-0.2, -0.15) is 10.1 Å². The van der Waals surface area contributed by atoms with Gasteiger partial charge in [-0.25, -0.2) is 4.98 Å². The Balaban J connectivity index is 1.54. The van der Waals surface area contributed by atoms with Gasteiger partial charge in [0.25, 0.3) is 5.91 Å². The van der Waals surface area contributed by atoms with E-state index in [-0.39, 0.29) is 23.4 Å². The van der Waals surface area contributed by atoms with Gasteiger partial charge in [0.1, 0.15) is 5.82 Å². The number of aromatic nitrogens is 5. The van der Waals surface area contributed by atoms with E-state index < -0.39 is 11.8 Å². The van der Waals surface area contributed by atoms with Crippen molar-refractivity contribution in [1.82, 2.24) is 30.5 Å². The molecular weight excluding hydrogens is 596 g/mol. The SMILES string of the molecule is C=CC(=O)Nc1cc(-c2cc(NC(=O)C=C)cc(-c3cc4c(C(=O)NC)n[nH]c4cn3)c2)cc(-c2ccc3nc(N)nc(N)c3c2)c1. The van der Waals surface area contributed by atoms with E-state index in [1.807, 2.05) is 30.3 Å². The molecule has 3 amide bonds. The molecule has 0 saturated heterocycles. The molecule has 0 radical (unpaired) electrons. The number of carbonyl (C=O) groups excluding carboxylic acids is 3. The summed E-state index contributed by atoms with van der Waals surface area (Å²) in [5, 5.41) is 16.4. The molecule has 0 saturated carbocycles. The third-order valence-electron chi connectivity index (χ3n) is 7.37. The van der Waals surface area contributed by atoms with E-state index in [9.17, 15) is 14.4 Å². The molecular formula is C34H28N10O3. The average Bonchev–Trinajstić information content (AvgIpc) is 3.50. The number of hydrogen-bond donors (Lipinski definition) is 6. The normalized spacial score (nSPS) is 10.8. The number of benzene rings is 3. The Morgan fingerprint density at radius 3 is 2.02 bits per heavy atom. The van der Waals surface area contributed by atoms with Crippen molar-refractivity contribution in [1.29, 1.82) is 0 Å². The Kier molecular flexibility index (Phi) is 7.85. The second kappa shape index (κ2) is 12.2. The predicted molar refractivity (Wildman–Crippen MR) is 183 cm³/mol. The van der Waals surface area contributed by atoms with E-state index in [0.29, 0.717) is 55.6 Å². The molecule has 0 spiro atoms. The van der Waals surface area contributed by atoms with Gasteiger partial charge in [0.05, 0.1) is 22.9 Å². The number of nitrogens with one attached hydrogen (secondary N) is 4. The second-order valence-electron chi connectivity index (χ2n) is 10.5. The van der Waals surface area contributed by atoms with Crippen LogP contribution < -0.4 is 27.4 Å². The van der Waals surface area contributed by atoms with Crippen LogP contribution in [0.4, 0.5) is 23.1 Å². The van der Waals surface area contributed by atoms with Crippen molar-refractivity contribution in [3.8, 4) is 33.5 Å². The zero-order valence-corrected chi connectivity index (χ0v) is 25.1. The highest BCUT2D eigenvalue weighted by Crippen LogP contribution is 2.36. The molecule has 0 aliphatic rings. The van der Waals surface area contributed by atoms with Crippen LogP contribution >= 0.6 is 0 Å². The number of H-pyrrole nitrogens is 1. The van der Waals surface area contributed by atoms with Gasteiger partial charge < -0.3 is 27.4 Å². The van der Waals surface area contributed by atoms with E-state index in [1.165, 1.54) is 19.2 Å². The van der Waals surface area contributed by atoms with E-state index in [0.717, 1.165) is 11.1 Å². The first-order chi connectivity index (χ1) is 22.6. The molecule has 0 fully saturated rings. The van der Waals surface area contributed by atoms with Crippen LogP contribution in [0, 0.1) is 0 Å². The number of anilines is 4. The third-order valence-corrected chi connectivity index (χ3v) is 7.37. The molecule has 13 heteroatoms. The van der Waals surface area contributed by atoms with E-state index >= 15 is 0 Å². The Labute approximate surface area is 267 Å². The Hall–Kier alpha value is -6.89. The molecule has 0 unspecified atom stereocenters. The minimum Gasteiger partial charge on any atom is -0.383 e. The molecule has 3 heterocycles. The quantitative estimate of drug-likeness (QED) is 0.130. The number of fused-ring (bicyclic) bond motifs is 2. The first kappa shape index (κ1) is 30.1. The minimum absolute atomic E-state index is 0.0738. The van der Waals surface area contributed by atoms with Gasteiger partial charge in [-0.3, -0.25) is 24.5 Å². The number of nitrogens with two attached hydrogens (primary N) is 2. The van der Waals surface area contributed by atoms with Crippen molar-refractivity contribution < 1.29 is 14.4 Å². The number of hydrogen-bond acceptors (Lipinski definition) is 9. The summed E-state index contributed by atoms with van der Waals surface area (Å²) in [7, 11) is 1.53. The average molecular weight is 625 g/mol. The van der Waals surface area contributed by atoms with Gasteiger partial charge >= 0.3 is 0 Å². The monoisotopic (exact) mass is 624 g/mol. The molecule has 0 aliphatic carbocycles. The largest absolute Gasteiger partial charge is 0.383 e. The van der Waals surface area contributed by atoms with Gasteiger partial charge in [-0.05, 0) is 89.0 Å². The first-order valence-corrected chi connectivity index (χ1v) is 14.2. The summed E-state index contributed by atoms with van der Waals surface area (Å²) in [6.07, 6.45) is 3.94. The lowest BCUT2D eigenvalue weighted by molar-refractivity contribution is -0.112. The van der Waals surface area contributed by atoms with Crippen molar-refractivity contribution >= 4 is 62.7 Å². The van der Waals surface area contributed by atoms with Gasteiger partial charge in [0, 0.05) is 34.8 Å². The molecule has 0 aliphatic heterocycles. The molecule has 3 aromatic carbocycles. The van der Waals surface area contributed by atoms with Crippen molar-refractivity contribution in [2.45, 2.75) is 0 Å². The third kappa shape index (κ3) is 6.08. The standard InChI is InChI=1S/C34H28N10O3/c1-4-29(45)39-22-10-18(17-6-7-26-25(14-17)32(35)42-34(36)41-26)8-19(11-22)20-9-21(13-23(12-20)40-30(46)5-2)27-15-24-28(16-38-27)43-44-31(24)33(47)37-3/h4-16H,1-2H2,3H3,(H,37,47)(H,39,45)(H,40,46)(H,43,44)(H4,35,36,41,42). The Morgan fingerprint density at radius 1 is 0.766 bits per heavy atom. The van der Waals surface area contributed by atoms with Crippen LogP contribution in [0.25, 0.3) is 55.3 Å². The summed E-state index contributed by atoms with van der Waals surface area (Å²) in [5.74, 6) is -0.834. The highest BCUT2D eigenvalue weighted by atomic mass is 16.2. The predicted octanol–water partition coefficient (Wildman–Crippen LogP) is 4.68. The second-order valence-corrected chi connectivity index (χ2v) is 10.5. The number of pyridine rings is 1. The molecule has 6 aromatic rings. The summed E-state index contributed by atoms with van der Waals surface area (Å²) >= 11 is 0. The summed E-state index contributed by atoms with van der Waals surface area (Å²) in [5.41, 5.74) is 18.4. The van der Waals surface area contributed by atoms with Crippen molar-refractivity contribution in [3.63, 3.8) is 0 Å². The minimum atomic E-state index is -0.405.